The van der Waals surface area contributed by atoms with Gasteiger partial charge >= 0.3 is 0 Å². The number of hydrogen-bond acceptors (Lipinski definition) is 7. The van der Waals surface area contributed by atoms with Crippen molar-refractivity contribution >= 4 is 0 Å². The Kier molecular flexibility index (Phi) is 7.07. The molecule has 0 aliphatic heterocycles. The van der Waals surface area contributed by atoms with Crippen molar-refractivity contribution in [2.75, 3.05) is 42.7 Å². The topological polar surface area (TPSA) is 68.3 Å². The van der Waals surface area contributed by atoms with Crippen LogP contribution in [0.15, 0.2) is 48.7 Å². The maximum absolute atomic E-state index is 5.75. The number of nitrogens with zero attached hydrogens (tertiary/aromatic N) is 1. The number of rotatable bonds is 9. The molecule has 0 radical (unpaired) electrons. The van der Waals surface area contributed by atoms with Gasteiger partial charge in [0.25, 0.3) is 0 Å². The number of benzene rings is 2. The zero-order chi connectivity index (χ0) is 22.4. The van der Waals surface area contributed by atoms with Crippen LogP contribution in [-0.4, -0.2) is 47.6 Å². The third-order valence-electron chi connectivity index (χ3n) is 5.07. The lowest BCUT2D eigenvalue weighted by Crippen LogP contribution is -2.12. The minimum Gasteiger partial charge on any atom is -0.496 e. The molecule has 0 aliphatic carbocycles. The average molecular weight is 425 g/mol. The number of ether oxygens (including phenoxy) is 6. The van der Waals surface area contributed by atoms with Gasteiger partial charge in [-0.2, -0.15) is 0 Å². The minimum absolute atomic E-state index is 0.423. The van der Waals surface area contributed by atoms with Crippen molar-refractivity contribution in [3.63, 3.8) is 0 Å². The fraction of sp³-hybridized carbons (Fsp3) is 0.292. The van der Waals surface area contributed by atoms with Gasteiger partial charge in [0.15, 0.2) is 0 Å². The monoisotopic (exact) mass is 425 g/mol. The van der Waals surface area contributed by atoms with Crippen LogP contribution in [0.3, 0.4) is 0 Å². The summed E-state index contributed by atoms with van der Waals surface area (Å²) in [6.45, 7) is 0. The Bertz CT molecular complexity index is 908. The molecule has 1 heterocycles. The van der Waals surface area contributed by atoms with Crippen molar-refractivity contribution in [3.8, 4) is 34.5 Å². The molecule has 31 heavy (non-hydrogen) atoms. The fourth-order valence-corrected chi connectivity index (χ4v) is 3.62. The Morgan fingerprint density at radius 3 is 1.29 bits per heavy atom. The quantitative estimate of drug-likeness (QED) is 0.506. The van der Waals surface area contributed by atoms with Crippen LogP contribution < -0.4 is 28.4 Å². The van der Waals surface area contributed by atoms with E-state index in [0.717, 1.165) is 16.8 Å². The molecule has 7 nitrogen and oxygen atoms in total. The van der Waals surface area contributed by atoms with Gasteiger partial charge in [0.1, 0.15) is 34.5 Å². The van der Waals surface area contributed by atoms with Crippen molar-refractivity contribution in [1.82, 2.24) is 4.98 Å². The van der Waals surface area contributed by atoms with Gasteiger partial charge in [0.2, 0.25) is 0 Å². The molecule has 0 bridgehead atoms. The number of aromatic nitrogens is 1. The van der Waals surface area contributed by atoms with Gasteiger partial charge in [-0.05, 0) is 12.1 Å². The predicted molar refractivity (Wildman–Crippen MR) is 117 cm³/mol. The second-order valence-electron chi connectivity index (χ2n) is 6.58. The highest BCUT2D eigenvalue weighted by Crippen LogP contribution is 2.50. The third kappa shape index (κ3) is 4.30. The van der Waals surface area contributed by atoms with E-state index in [1.165, 1.54) is 0 Å². The van der Waals surface area contributed by atoms with Crippen LogP contribution in [0.4, 0.5) is 0 Å². The fourth-order valence-electron chi connectivity index (χ4n) is 3.62. The second kappa shape index (κ2) is 9.93. The Morgan fingerprint density at radius 2 is 1.00 bits per heavy atom. The van der Waals surface area contributed by atoms with Gasteiger partial charge in [-0.1, -0.05) is 6.07 Å². The molecule has 0 N–H and O–H groups in total. The van der Waals surface area contributed by atoms with Crippen molar-refractivity contribution in [2.45, 2.75) is 5.92 Å². The first-order chi connectivity index (χ1) is 15.1. The summed E-state index contributed by atoms with van der Waals surface area (Å²) in [5.41, 5.74) is 2.31. The molecule has 0 unspecified atom stereocenters. The van der Waals surface area contributed by atoms with Gasteiger partial charge in [0, 0.05) is 30.5 Å². The van der Waals surface area contributed by atoms with E-state index in [9.17, 15) is 0 Å². The smallest absolute Gasteiger partial charge is 0.130 e. The Balaban J connectivity index is 2.42. The summed E-state index contributed by atoms with van der Waals surface area (Å²) in [6, 6.07) is 13.0. The molecule has 0 spiro atoms. The predicted octanol–water partition coefficient (Wildman–Crippen LogP) is 4.31. The highest BCUT2D eigenvalue weighted by atomic mass is 16.5. The largest absolute Gasteiger partial charge is 0.496 e. The minimum atomic E-state index is -0.423. The normalized spacial score (nSPS) is 10.5. The number of hydrogen-bond donors (Lipinski definition) is 0. The van der Waals surface area contributed by atoms with Gasteiger partial charge in [-0.15, -0.1) is 0 Å². The van der Waals surface area contributed by atoms with Crippen molar-refractivity contribution in [3.05, 3.63) is 65.5 Å². The molecule has 0 amide bonds. The molecule has 0 saturated carbocycles. The molecule has 0 atom stereocenters. The van der Waals surface area contributed by atoms with E-state index < -0.39 is 5.92 Å². The van der Waals surface area contributed by atoms with Crippen LogP contribution in [0.2, 0.25) is 0 Å². The summed E-state index contributed by atoms with van der Waals surface area (Å²) in [4.78, 5) is 4.63. The molecule has 0 aliphatic rings. The average Bonchev–Trinajstić information content (AvgIpc) is 2.84. The molecule has 0 fully saturated rings. The van der Waals surface area contributed by atoms with E-state index in [4.69, 9.17) is 28.4 Å². The summed E-state index contributed by atoms with van der Waals surface area (Å²) in [5.74, 6) is 3.17. The van der Waals surface area contributed by atoms with Gasteiger partial charge in [-0.25, -0.2) is 0 Å². The maximum atomic E-state index is 5.75. The van der Waals surface area contributed by atoms with Crippen molar-refractivity contribution in [2.24, 2.45) is 0 Å². The molecule has 3 rings (SSSR count). The molecular weight excluding hydrogens is 398 g/mol. The lowest BCUT2D eigenvalue weighted by molar-refractivity contribution is 0.359. The van der Waals surface area contributed by atoms with Crippen molar-refractivity contribution in [1.29, 1.82) is 0 Å². The van der Waals surface area contributed by atoms with Crippen LogP contribution in [0.1, 0.15) is 22.7 Å². The lowest BCUT2D eigenvalue weighted by Gasteiger charge is -2.26. The van der Waals surface area contributed by atoms with Crippen LogP contribution >= 0.6 is 0 Å². The Labute approximate surface area is 182 Å². The molecule has 0 saturated heterocycles. The molecule has 2 aromatic carbocycles. The van der Waals surface area contributed by atoms with E-state index >= 15 is 0 Å². The third-order valence-corrected chi connectivity index (χ3v) is 5.07. The summed E-state index contributed by atoms with van der Waals surface area (Å²) in [5, 5.41) is 0. The Morgan fingerprint density at radius 1 is 0.581 bits per heavy atom. The van der Waals surface area contributed by atoms with E-state index in [2.05, 4.69) is 4.98 Å². The van der Waals surface area contributed by atoms with Gasteiger partial charge in [0.05, 0.1) is 65.4 Å². The summed E-state index contributed by atoms with van der Waals surface area (Å²) in [6.07, 6.45) is 1.74. The zero-order valence-corrected chi connectivity index (χ0v) is 18.6. The highest BCUT2D eigenvalue weighted by Gasteiger charge is 2.32. The maximum Gasteiger partial charge on any atom is 0.130 e. The van der Waals surface area contributed by atoms with Crippen LogP contribution in [0.25, 0.3) is 0 Å². The summed E-state index contributed by atoms with van der Waals surface area (Å²) < 4.78 is 33.9. The van der Waals surface area contributed by atoms with Crippen LogP contribution in [0.5, 0.6) is 34.5 Å². The standard InChI is InChI=1S/C24H27NO6/c1-26-15-11-18(28-3)23(19(12-15)29-4)22(17-9-7-8-10-25-17)24-20(30-5)13-16(27-2)14-21(24)31-6/h7-14,22H,1-6H3. The van der Waals surface area contributed by atoms with E-state index in [-0.39, 0.29) is 0 Å². The molecule has 3 aromatic rings. The number of pyridine rings is 1. The van der Waals surface area contributed by atoms with Crippen molar-refractivity contribution < 1.29 is 28.4 Å². The lowest BCUT2D eigenvalue weighted by atomic mass is 9.85. The molecule has 1 aromatic heterocycles. The highest BCUT2D eigenvalue weighted by molar-refractivity contribution is 5.64. The van der Waals surface area contributed by atoms with Crippen LogP contribution in [-0.2, 0) is 0 Å². The SMILES string of the molecule is COc1cc(OC)c(C(c2ccccn2)c2c(OC)cc(OC)cc2OC)c(OC)c1. The summed E-state index contributed by atoms with van der Waals surface area (Å²) >= 11 is 0. The number of methoxy groups -OCH3 is 6. The first kappa shape index (κ1) is 22.1. The first-order valence-corrected chi connectivity index (χ1v) is 9.62. The molecule has 7 heteroatoms. The van der Waals surface area contributed by atoms with Gasteiger partial charge in [-0.3, -0.25) is 4.98 Å². The molecular formula is C24H27NO6. The van der Waals surface area contributed by atoms with Crippen LogP contribution in [0, 0.1) is 0 Å². The van der Waals surface area contributed by atoms with E-state index in [0.29, 0.717) is 34.5 Å². The second-order valence-corrected chi connectivity index (χ2v) is 6.58. The zero-order valence-electron chi connectivity index (χ0n) is 18.6. The van der Waals surface area contributed by atoms with E-state index in [1.54, 1.807) is 48.9 Å². The van der Waals surface area contributed by atoms with Gasteiger partial charge < -0.3 is 28.4 Å². The Hall–Kier alpha value is -3.61. The molecule has 164 valence electrons. The first-order valence-electron chi connectivity index (χ1n) is 9.62. The van der Waals surface area contributed by atoms with E-state index in [1.807, 2.05) is 42.5 Å². The summed E-state index contributed by atoms with van der Waals surface area (Å²) in [7, 11) is 9.62.